The summed E-state index contributed by atoms with van der Waals surface area (Å²) in [4.78, 5) is 27.5. The van der Waals surface area contributed by atoms with E-state index in [9.17, 15) is 18.0 Å². The lowest BCUT2D eigenvalue weighted by Gasteiger charge is -2.39. The minimum atomic E-state index is -3.98. The highest BCUT2D eigenvalue weighted by atomic mass is 35.5. The Bertz CT molecular complexity index is 1320. The maximum Gasteiger partial charge on any atom is 0.340 e. The molecular formula is C27H33ClN2O5S. The number of amides is 1. The van der Waals surface area contributed by atoms with Crippen LogP contribution >= 0.6 is 11.6 Å². The van der Waals surface area contributed by atoms with Gasteiger partial charge in [0, 0.05) is 18.3 Å². The van der Waals surface area contributed by atoms with Crippen LogP contribution < -0.4 is 4.72 Å². The summed E-state index contributed by atoms with van der Waals surface area (Å²) in [6.45, 7) is 10.7. The molecule has 2 aromatic carbocycles. The number of sulfonamides is 1. The van der Waals surface area contributed by atoms with Gasteiger partial charge in [-0.1, -0.05) is 38.4 Å². The van der Waals surface area contributed by atoms with Gasteiger partial charge in [-0.25, -0.2) is 13.2 Å². The van der Waals surface area contributed by atoms with E-state index in [1.165, 1.54) is 18.2 Å². The summed E-state index contributed by atoms with van der Waals surface area (Å²) >= 11 is 6.19. The zero-order chi connectivity index (χ0) is 26.5. The van der Waals surface area contributed by atoms with Crippen LogP contribution in [0.25, 0.3) is 0 Å². The Morgan fingerprint density at radius 2 is 1.81 bits per heavy atom. The number of esters is 1. The van der Waals surface area contributed by atoms with Gasteiger partial charge in [0.15, 0.2) is 6.61 Å². The Morgan fingerprint density at radius 3 is 2.50 bits per heavy atom. The minimum absolute atomic E-state index is 0.0452. The van der Waals surface area contributed by atoms with Crippen molar-refractivity contribution in [2.75, 3.05) is 17.9 Å². The van der Waals surface area contributed by atoms with Crippen LogP contribution in [0.1, 0.15) is 61.5 Å². The third kappa shape index (κ3) is 5.54. The lowest BCUT2D eigenvalue weighted by molar-refractivity contribution is -0.135. The zero-order valence-corrected chi connectivity index (χ0v) is 22.9. The number of carbonyl (C=O) groups excluding carboxylic acids is 2. The third-order valence-corrected chi connectivity index (χ3v) is 9.00. The topological polar surface area (TPSA) is 92.8 Å². The highest BCUT2D eigenvalue weighted by molar-refractivity contribution is 7.92. The summed E-state index contributed by atoms with van der Waals surface area (Å²) in [7, 11) is -3.98. The molecular weight excluding hydrogens is 500 g/mol. The number of ether oxygens (including phenoxy) is 1. The highest BCUT2D eigenvalue weighted by Crippen LogP contribution is 2.52. The average Bonchev–Trinajstić information content (AvgIpc) is 3.03. The molecule has 2 fully saturated rings. The van der Waals surface area contributed by atoms with Crippen molar-refractivity contribution < 1.29 is 22.7 Å². The molecule has 1 heterocycles. The van der Waals surface area contributed by atoms with Crippen LogP contribution in [0.4, 0.5) is 5.69 Å². The van der Waals surface area contributed by atoms with Gasteiger partial charge < -0.3 is 9.64 Å². The van der Waals surface area contributed by atoms with E-state index in [4.69, 9.17) is 16.3 Å². The zero-order valence-electron chi connectivity index (χ0n) is 21.4. The second-order valence-corrected chi connectivity index (χ2v) is 13.4. The number of likely N-dealkylation sites (tertiary alicyclic amines) is 1. The molecule has 194 valence electrons. The van der Waals surface area contributed by atoms with Gasteiger partial charge in [0.2, 0.25) is 0 Å². The van der Waals surface area contributed by atoms with Crippen molar-refractivity contribution in [1.29, 1.82) is 0 Å². The van der Waals surface area contributed by atoms with Gasteiger partial charge in [-0.15, -0.1) is 0 Å². The minimum Gasteiger partial charge on any atom is -0.452 e. The molecule has 0 aromatic heterocycles. The number of hydrogen-bond acceptors (Lipinski definition) is 5. The molecule has 4 rings (SSSR count). The number of rotatable bonds is 6. The van der Waals surface area contributed by atoms with Crippen LogP contribution in [0.3, 0.4) is 0 Å². The number of carbonyl (C=O) groups is 2. The number of anilines is 1. The molecule has 2 aliphatic rings. The van der Waals surface area contributed by atoms with Gasteiger partial charge in [-0.2, -0.15) is 0 Å². The SMILES string of the molecule is Cc1ccc(NS(=O)(=O)c2ccc(Cl)c(C(=O)OCC(=O)N3CC4(C)CC3CC(C)(C)C4)c2)cc1C. The summed E-state index contributed by atoms with van der Waals surface area (Å²) in [5.41, 5.74) is 2.52. The van der Waals surface area contributed by atoms with E-state index in [0.717, 1.165) is 30.4 Å². The quantitative estimate of drug-likeness (QED) is 0.507. The van der Waals surface area contributed by atoms with E-state index in [0.29, 0.717) is 12.2 Å². The first kappa shape index (κ1) is 26.5. The molecule has 2 aromatic rings. The molecule has 2 atom stereocenters. The maximum absolute atomic E-state index is 13.0. The highest BCUT2D eigenvalue weighted by Gasteiger charge is 2.51. The van der Waals surface area contributed by atoms with Crippen LogP contribution in [-0.2, 0) is 19.6 Å². The fourth-order valence-corrected chi connectivity index (χ4v) is 7.16. The Labute approximate surface area is 218 Å². The Hall–Kier alpha value is -2.58. The average molecular weight is 533 g/mol. The van der Waals surface area contributed by atoms with Gasteiger partial charge in [0.1, 0.15) is 0 Å². The summed E-state index contributed by atoms with van der Waals surface area (Å²) in [5, 5.41) is 0.0452. The number of nitrogens with zero attached hydrogens (tertiary/aromatic N) is 1. The van der Waals surface area contributed by atoms with Gasteiger partial charge >= 0.3 is 5.97 Å². The van der Waals surface area contributed by atoms with Crippen molar-refractivity contribution in [3.63, 3.8) is 0 Å². The molecule has 1 amide bonds. The fourth-order valence-electron chi connectivity index (χ4n) is 5.89. The Balaban J connectivity index is 1.45. The van der Waals surface area contributed by atoms with Crippen molar-refractivity contribution >= 4 is 39.2 Å². The number of nitrogens with one attached hydrogen (secondary N) is 1. The van der Waals surface area contributed by atoms with E-state index < -0.39 is 22.6 Å². The molecule has 0 radical (unpaired) electrons. The standard InChI is InChI=1S/C27H33ClN2O5S/c1-17-6-7-19(10-18(17)2)29-36(33,34)21-8-9-23(28)22(11-21)25(32)35-14-24(31)30-16-27(5)13-20(30)12-26(3,4)15-27/h6-11,20,29H,12-16H2,1-5H3. The maximum atomic E-state index is 13.0. The van der Waals surface area contributed by atoms with E-state index in [2.05, 4.69) is 25.5 Å². The van der Waals surface area contributed by atoms with Crippen molar-refractivity contribution in [2.45, 2.75) is 64.8 Å². The van der Waals surface area contributed by atoms with Crippen LogP contribution in [0.15, 0.2) is 41.3 Å². The Kier molecular flexibility index (Phi) is 6.90. The molecule has 2 bridgehead atoms. The van der Waals surface area contributed by atoms with Crippen molar-refractivity contribution in [2.24, 2.45) is 10.8 Å². The molecule has 0 spiro atoms. The normalized spacial score (nSPS) is 22.8. The molecule has 9 heteroatoms. The van der Waals surface area contributed by atoms with E-state index in [-0.39, 0.29) is 38.3 Å². The van der Waals surface area contributed by atoms with Crippen LogP contribution in [0, 0.1) is 24.7 Å². The number of aryl methyl sites for hydroxylation is 2. The molecule has 2 unspecified atom stereocenters. The van der Waals surface area contributed by atoms with Crippen molar-refractivity contribution in [1.82, 2.24) is 4.90 Å². The van der Waals surface area contributed by atoms with E-state index >= 15 is 0 Å². The summed E-state index contributed by atoms with van der Waals surface area (Å²) < 4.78 is 33.7. The van der Waals surface area contributed by atoms with E-state index in [1.54, 1.807) is 12.1 Å². The first-order valence-electron chi connectivity index (χ1n) is 12.0. The molecule has 1 aliphatic carbocycles. The van der Waals surface area contributed by atoms with Gasteiger partial charge in [-0.3, -0.25) is 9.52 Å². The number of fused-ring (bicyclic) bond motifs is 2. The smallest absolute Gasteiger partial charge is 0.340 e. The number of halogens is 1. The van der Waals surface area contributed by atoms with Crippen molar-refractivity contribution in [3.8, 4) is 0 Å². The summed E-state index contributed by atoms with van der Waals surface area (Å²) in [6, 6.07) is 9.19. The molecule has 36 heavy (non-hydrogen) atoms. The van der Waals surface area contributed by atoms with Crippen molar-refractivity contribution in [3.05, 3.63) is 58.1 Å². The van der Waals surface area contributed by atoms with Gasteiger partial charge in [0.25, 0.3) is 15.9 Å². The largest absolute Gasteiger partial charge is 0.452 e. The van der Waals surface area contributed by atoms with Crippen LogP contribution in [-0.4, -0.2) is 44.4 Å². The monoisotopic (exact) mass is 532 g/mol. The predicted octanol–water partition coefficient (Wildman–Crippen LogP) is 5.34. The molecule has 7 nitrogen and oxygen atoms in total. The fraction of sp³-hybridized carbons (Fsp3) is 0.481. The molecule has 1 saturated heterocycles. The third-order valence-electron chi connectivity index (χ3n) is 7.29. The second-order valence-electron chi connectivity index (χ2n) is 11.4. The molecule has 1 saturated carbocycles. The predicted molar refractivity (Wildman–Crippen MR) is 140 cm³/mol. The Morgan fingerprint density at radius 1 is 1.08 bits per heavy atom. The lowest BCUT2D eigenvalue weighted by atomic mass is 9.65. The summed E-state index contributed by atoms with van der Waals surface area (Å²) in [6.07, 6.45) is 2.92. The molecule has 1 N–H and O–H groups in total. The number of benzene rings is 2. The van der Waals surface area contributed by atoms with Gasteiger partial charge in [0.05, 0.1) is 15.5 Å². The lowest BCUT2D eigenvalue weighted by Crippen LogP contribution is -2.39. The van der Waals surface area contributed by atoms with E-state index in [1.807, 2.05) is 24.8 Å². The number of hydrogen-bond donors (Lipinski definition) is 1. The first-order valence-corrected chi connectivity index (χ1v) is 13.9. The van der Waals surface area contributed by atoms with Gasteiger partial charge in [-0.05, 0) is 85.4 Å². The first-order chi connectivity index (χ1) is 16.7. The second kappa shape index (κ2) is 9.38. The summed E-state index contributed by atoms with van der Waals surface area (Å²) in [5.74, 6) is -1.09. The van der Waals surface area contributed by atoms with Crippen LogP contribution in [0.2, 0.25) is 5.02 Å². The molecule has 1 aliphatic heterocycles. The van der Waals surface area contributed by atoms with Crippen LogP contribution in [0.5, 0.6) is 0 Å².